The Morgan fingerprint density at radius 2 is 0.814 bits per heavy atom. The Bertz CT molecular complexity index is 1450. The van der Waals surface area contributed by atoms with Gasteiger partial charge in [-0.15, -0.1) is 0 Å². The average Bonchev–Trinajstić information content (AvgIpc) is 3.58. The van der Waals surface area contributed by atoms with Crippen LogP contribution < -0.4 is 15.8 Å². The van der Waals surface area contributed by atoms with E-state index in [-0.39, 0.29) is 5.92 Å². The normalized spacial score (nSPS) is 12.1. The summed E-state index contributed by atoms with van der Waals surface area (Å²) in [5, 5.41) is 2.81. The molecular weight excluding hydrogens is 764 g/mol. The minimum atomic E-state index is -0.417. The van der Waals surface area contributed by atoms with E-state index in [1.165, 1.54) is 22.3 Å². The second kappa shape index (κ2) is 32.0. The second-order valence-electron chi connectivity index (χ2n) is 13.1. The predicted molar refractivity (Wildman–Crippen MR) is 222 cm³/mol. The molecule has 59 heavy (non-hydrogen) atoms. The number of ether oxygens (including phenoxy) is 12. The SMILES string of the molecule is Nc1ccc(OCCOCCOCCOCCOCCOCCOCCOCCOCCOCCOCCCNC(=O)OCC2c3ccccc3-c3ccccc32)cc1. The number of anilines is 1. The maximum absolute atomic E-state index is 12.3. The van der Waals surface area contributed by atoms with Gasteiger partial charge < -0.3 is 67.9 Å². The van der Waals surface area contributed by atoms with Gasteiger partial charge in [0.05, 0.1) is 126 Å². The lowest BCUT2D eigenvalue weighted by atomic mass is 9.98. The van der Waals surface area contributed by atoms with Crippen LogP contribution in [0.25, 0.3) is 11.1 Å². The Kier molecular flexibility index (Phi) is 25.9. The number of alkyl carbamates (subject to hydrolysis) is 1. The van der Waals surface area contributed by atoms with Gasteiger partial charge in [0.2, 0.25) is 0 Å². The predicted octanol–water partition coefficient (Wildman–Crippen LogP) is 4.74. The highest BCUT2D eigenvalue weighted by atomic mass is 16.6. The third kappa shape index (κ3) is 21.3. The van der Waals surface area contributed by atoms with Crippen LogP contribution in [0.5, 0.6) is 5.75 Å². The highest BCUT2D eigenvalue weighted by molar-refractivity contribution is 5.79. The number of fused-ring (bicyclic) bond motifs is 3. The quantitative estimate of drug-likeness (QED) is 0.0605. The first-order valence-electron chi connectivity index (χ1n) is 20.6. The number of benzene rings is 3. The molecule has 0 saturated heterocycles. The summed E-state index contributed by atoms with van der Waals surface area (Å²) in [5.41, 5.74) is 11.2. The van der Waals surface area contributed by atoms with E-state index in [9.17, 15) is 4.79 Å². The van der Waals surface area contributed by atoms with Crippen molar-refractivity contribution < 1.29 is 61.6 Å². The molecule has 1 aliphatic rings. The second-order valence-corrected chi connectivity index (χ2v) is 13.1. The zero-order chi connectivity index (χ0) is 41.3. The molecule has 0 atom stereocenters. The van der Waals surface area contributed by atoms with Gasteiger partial charge in [0.1, 0.15) is 19.0 Å². The highest BCUT2D eigenvalue weighted by Gasteiger charge is 2.29. The summed E-state index contributed by atoms with van der Waals surface area (Å²) in [7, 11) is 0. The zero-order valence-electron chi connectivity index (χ0n) is 34.4. The zero-order valence-corrected chi connectivity index (χ0v) is 34.4. The summed E-state index contributed by atoms with van der Waals surface area (Å²) in [6.07, 6.45) is 0.265. The van der Waals surface area contributed by atoms with E-state index >= 15 is 0 Å². The number of rotatable bonds is 37. The molecule has 0 spiro atoms. The van der Waals surface area contributed by atoms with Crippen molar-refractivity contribution in [3.63, 3.8) is 0 Å². The standard InChI is InChI=1S/C44H64N2O13/c45-37-10-12-38(13-11-37)58-35-34-57-33-32-56-31-30-55-29-28-54-27-26-53-25-24-52-23-22-51-21-20-50-19-18-49-17-16-48-15-5-14-46-44(47)59-36-43-41-8-3-1-6-39(41)40-7-2-4-9-42(40)43/h1-4,6-13,43H,5,14-36,45H2,(H,46,47). The van der Waals surface area contributed by atoms with Gasteiger partial charge in [-0.1, -0.05) is 48.5 Å². The van der Waals surface area contributed by atoms with Crippen molar-refractivity contribution >= 4 is 11.8 Å². The summed E-state index contributed by atoms with van der Waals surface area (Å²) in [5.74, 6) is 0.815. The van der Waals surface area contributed by atoms with Crippen LogP contribution in [0, 0.1) is 0 Å². The number of hydrogen-bond acceptors (Lipinski definition) is 14. The van der Waals surface area contributed by atoms with Crippen molar-refractivity contribution in [2.24, 2.45) is 0 Å². The van der Waals surface area contributed by atoms with Gasteiger partial charge in [-0.25, -0.2) is 4.79 Å². The lowest BCUT2D eigenvalue weighted by Gasteiger charge is -2.14. The fraction of sp³-hybridized carbons (Fsp3) is 0.568. The lowest BCUT2D eigenvalue weighted by Crippen LogP contribution is -2.27. The Morgan fingerprint density at radius 3 is 1.22 bits per heavy atom. The molecule has 1 aliphatic carbocycles. The van der Waals surface area contributed by atoms with E-state index in [1.54, 1.807) is 12.1 Å². The van der Waals surface area contributed by atoms with Crippen LogP contribution in [0.2, 0.25) is 0 Å². The van der Waals surface area contributed by atoms with Gasteiger partial charge in [0.25, 0.3) is 0 Å². The Hall–Kier alpha value is -3.87. The maximum Gasteiger partial charge on any atom is 0.407 e. The molecule has 0 bridgehead atoms. The van der Waals surface area contributed by atoms with E-state index in [0.29, 0.717) is 164 Å². The van der Waals surface area contributed by atoms with Gasteiger partial charge in [-0.3, -0.25) is 0 Å². The summed E-state index contributed by atoms with van der Waals surface area (Å²) in [4.78, 5) is 12.3. The van der Waals surface area contributed by atoms with Gasteiger partial charge >= 0.3 is 6.09 Å². The fourth-order valence-electron chi connectivity index (χ4n) is 5.88. The average molecular weight is 829 g/mol. The molecule has 3 N–H and O–H groups in total. The minimum Gasteiger partial charge on any atom is -0.491 e. The Balaban J connectivity index is 0.772. The molecule has 1 amide bonds. The molecule has 4 rings (SSSR count). The van der Waals surface area contributed by atoms with Crippen LogP contribution in [-0.4, -0.2) is 158 Å². The van der Waals surface area contributed by atoms with Gasteiger partial charge in [-0.2, -0.15) is 0 Å². The summed E-state index contributed by atoms with van der Waals surface area (Å²) < 4.78 is 66.3. The molecule has 3 aromatic carbocycles. The Labute approximate surface area is 348 Å². The number of nitrogen functional groups attached to an aromatic ring is 1. The molecule has 0 heterocycles. The molecule has 328 valence electrons. The summed E-state index contributed by atoms with van der Waals surface area (Å²) in [6.45, 7) is 11.1. The van der Waals surface area contributed by atoms with E-state index in [4.69, 9.17) is 62.6 Å². The van der Waals surface area contributed by atoms with Crippen molar-refractivity contribution in [3.8, 4) is 16.9 Å². The van der Waals surface area contributed by atoms with E-state index in [1.807, 2.05) is 36.4 Å². The third-order valence-electron chi connectivity index (χ3n) is 8.80. The van der Waals surface area contributed by atoms with Gasteiger partial charge in [-0.05, 0) is 52.9 Å². The van der Waals surface area contributed by atoms with Crippen molar-refractivity contribution in [2.75, 3.05) is 158 Å². The largest absolute Gasteiger partial charge is 0.491 e. The number of nitrogens with two attached hydrogens (primary N) is 1. The van der Waals surface area contributed by atoms with Crippen LogP contribution in [0.1, 0.15) is 23.5 Å². The van der Waals surface area contributed by atoms with Gasteiger partial charge in [0.15, 0.2) is 0 Å². The van der Waals surface area contributed by atoms with Crippen LogP contribution in [0.4, 0.5) is 10.5 Å². The first-order valence-corrected chi connectivity index (χ1v) is 20.6. The van der Waals surface area contributed by atoms with Crippen LogP contribution >= 0.6 is 0 Å². The van der Waals surface area contributed by atoms with E-state index in [0.717, 1.165) is 5.75 Å². The maximum atomic E-state index is 12.3. The minimum absolute atomic E-state index is 0.0472. The molecular formula is C44H64N2O13. The molecule has 3 aromatic rings. The third-order valence-corrected chi connectivity index (χ3v) is 8.80. The smallest absolute Gasteiger partial charge is 0.407 e. The molecule has 0 fully saturated rings. The molecule has 0 aliphatic heterocycles. The van der Waals surface area contributed by atoms with Crippen LogP contribution in [0.3, 0.4) is 0 Å². The highest BCUT2D eigenvalue weighted by Crippen LogP contribution is 2.44. The molecule has 15 heteroatoms. The van der Waals surface area contributed by atoms with Crippen LogP contribution in [-0.2, 0) is 52.1 Å². The molecule has 0 saturated carbocycles. The number of nitrogens with one attached hydrogen (secondary N) is 1. The fourth-order valence-corrected chi connectivity index (χ4v) is 5.88. The first kappa shape index (κ1) is 47.8. The molecule has 15 nitrogen and oxygen atoms in total. The Morgan fingerprint density at radius 1 is 0.458 bits per heavy atom. The van der Waals surface area contributed by atoms with Crippen molar-refractivity contribution in [2.45, 2.75) is 12.3 Å². The van der Waals surface area contributed by atoms with Crippen molar-refractivity contribution in [1.82, 2.24) is 5.32 Å². The monoisotopic (exact) mass is 828 g/mol. The first-order chi connectivity index (χ1) is 29.2. The summed E-state index contributed by atoms with van der Waals surface area (Å²) in [6, 6.07) is 23.8. The lowest BCUT2D eigenvalue weighted by molar-refractivity contribution is -0.0267. The molecule has 0 radical (unpaired) electrons. The van der Waals surface area contributed by atoms with Crippen molar-refractivity contribution in [1.29, 1.82) is 0 Å². The number of carbonyl (C=O) groups is 1. The van der Waals surface area contributed by atoms with E-state index < -0.39 is 6.09 Å². The van der Waals surface area contributed by atoms with Gasteiger partial charge in [0, 0.05) is 24.8 Å². The summed E-state index contributed by atoms with van der Waals surface area (Å²) >= 11 is 0. The number of hydrogen-bond donors (Lipinski definition) is 2. The number of amides is 1. The molecule has 0 aromatic heterocycles. The van der Waals surface area contributed by atoms with Crippen molar-refractivity contribution in [3.05, 3.63) is 83.9 Å². The molecule has 0 unspecified atom stereocenters. The van der Waals surface area contributed by atoms with E-state index in [2.05, 4.69) is 29.6 Å². The topological polar surface area (TPSA) is 166 Å². The number of carbonyl (C=O) groups excluding carboxylic acids is 1. The van der Waals surface area contributed by atoms with Crippen LogP contribution in [0.15, 0.2) is 72.8 Å².